The number of hydrogen-bond donors (Lipinski definition) is 4. The van der Waals surface area contributed by atoms with Crippen molar-refractivity contribution in [1.82, 2.24) is 9.97 Å². The van der Waals surface area contributed by atoms with E-state index in [9.17, 15) is 8.78 Å². The zero-order valence-corrected chi connectivity index (χ0v) is 10.0. The molecule has 0 amide bonds. The summed E-state index contributed by atoms with van der Waals surface area (Å²) in [5.41, 5.74) is 3.14. The topological polar surface area (TPSA) is 96.1 Å². The molecule has 1 heterocycles. The molecule has 0 aliphatic rings. The third-order valence-electron chi connectivity index (χ3n) is 2.35. The highest BCUT2D eigenvalue weighted by Gasteiger charge is 2.18. The average Bonchev–Trinajstić information content (AvgIpc) is 2.37. The second-order valence-corrected chi connectivity index (χ2v) is 3.73. The van der Waals surface area contributed by atoms with Crippen molar-refractivity contribution < 1.29 is 13.9 Å². The number of aliphatic hydroxyl groups excluding tert-OH is 1. The summed E-state index contributed by atoms with van der Waals surface area (Å²) in [7, 11) is 0. The van der Waals surface area contributed by atoms with E-state index < -0.39 is 12.5 Å². The van der Waals surface area contributed by atoms with Crippen LogP contribution in [-0.2, 0) is 6.42 Å². The van der Waals surface area contributed by atoms with Gasteiger partial charge >= 0.3 is 0 Å². The Bertz CT molecular complexity index is 377. The number of aromatic nitrogens is 2. The van der Waals surface area contributed by atoms with Crippen molar-refractivity contribution >= 4 is 11.6 Å². The minimum Gasteiger partial charge on any atom is -0.385 e. The van der Waals surface area contributed by atoms with Crippen LogP contribution in [-0.4, -0.2) is 34.1 Å². The van der Waals surface area contributed by atoms with Crippen LogP contribution in [0.2, 0.25) is 0 Å². The molecule has 102 valence electrons. The van der Waals surface area contributed by atoms with Crippen LogP contribution in [0.25, 0.3) is 0 Å². The van der Waals surface area contributed by atoms with Crippen LogP contribution in [0.1, 0.15) is 18.9 Å². The summed E-state index contributed by atoms with van der Waals surface area (Å²) >= 11 is 0. The number of alkyl halides is 2. The fraction of sp³-hybridized carbons (Fsp3) is 0.600. The van der Waals surface area contributed by atoms with Gasteiger partial charge in [-0.05, 0) is 6.42 Å². The lowest BCUT2D eigenvalue weighted by Gasteiger charge is -2.15. The number of nitrogens with one attached hydrogen (secondary N) is 2. The van der Waals surface area contributed by atoms with Crippen LogP contribution in [0.3, 0.4) is 0 Å². The van der Waals surface area contributed by atoms with E-state index in [1.165, 1.54) is 6.33 Å². The fourth-order valence-corrected chi connectivity index (χ4v) is 1.47. The maximum atomic E-state index is 12.2. The van der Waals surface area contributed by atoms with Gasteiger partial charge in [-0.1, -0.05) is 13.3 Å². The summed E-state index contributed by atoms with van der Waals surface area (Å²) in [6, 6.07) is 0. The molecular weight excluding hydrogens is 244 g/mol. The van der Waals surface area contributed by atoms with Gasteiger partial charge in [0.15, 0.2) is 0 Å². The number of aliphatic hydroxyl groups is 1. The molecule has 0 aliphatic heterocycles. The highest BCUT2D eigenvalue weighted by Crippen LogP contribution is 2.20. The van der Waals surface area contributed by atoms with E-state index in [1.807, 2.05) is 6.92 Å². The van der Waals surface area contributed by atoms with E-state index >= 15 is 0 Å². The van der Waals surface area contributed by atoms with Crippen LogP contribution >= 0.6 is 0 Å². The molecule has 0 aliphatic carbocycles. The maximum Gasteiger partial charge on any atom is 0.265 e. The van der Waals surface area contributed by atoms with Crippen LogP contribution < -0.4 is 16.6 Å². The molecule has 0 radical (unpaired) electrons. The van der Waals surface area contributed by atoms with Crippen LogP contribution in [0.15, 0.2) is 6.33 Å². The van der Waals surface area contributed by atoms with Crippen molar-refractivity contribution in [2.45, 2.75) is 32.3 Å². The van der Waals surface area contributed by atoms with E-state index in [0.29, 0.717) is 23.6 Å². The van der Waals surface area contributed by atoms with Crippen LogP contribution in [0.5, 0.6) is 0 Å². The second-order valence-electron chi connectivity index (χ2n) is 3.73. The van der Waals surface area contributed by atoms with Gasteiger partial charge in [0.05, 0.1) is 0 Å². The first-order valence-corrected chi connectivity index (χ1v) is 5.60. The maximum absolute atomic E-state index is 12.2. The van der Waals surface area contributed by atoms with Crippen molar-refractivity contribution in [2.75, 3.05) is 17.3 Å². The van der Waals surface area contributed by atoms with Gasteiger partial charge in [-0.25, -0.2) is 24.6 Å². The summed E-state index contributed by atoms with van der Waals surface area (Å²) in [6.45, 7) is 1.68. The molecule has 0 spiro atoms. The molecule has 18 heavy (non-hydrogen) atoms. The van der Waals surface area contributed by atoms with Crippen molar-refractivity contribution in [3.05, 3.63) is 11.9 Å². The normalized spacial score (nSPS) is 12.6. The van der Waals surface area contributed by atoms with Gasteiger partial charge in [-0.3, -0.25) is 0 Å². The van der Waals surface area contributed by atoms with Gasteiger partial charge in [0.2, 0.25) is 0 Å². The van der Waals surface area contributed by atoms with E-state index in [0.717, 1.165) is 6.42 Å². The Morgan fingerprint density at radius 3 is 2.61 bits per heavy atom. The third-order valence-corrected chi connectivity index (χ3v) is 2.35. The van der Waals surface area contributed by atoms with Gasteiger partial charge < -0.3 is 15.8 Å². The van der Waals surface area contributed by atoms with E-state index in [1.54, 1.807) is 0 Å². The van der Waals surface area contributed by atoms with Gasteiger partial charge in [-0.2, -0.15) is 0 Å². The summed E-state index contributed by atoms with van der Waals surface area (Å²) in [6.07, 6.45) is -1.78. The van der Waals surface area contributed by atoms with Crippen LogP contribution in [0.4, 0.5) is 20.4 Å². The van der Waals surface area contributed by atoms with Crippen molar-refractivity contribution in [3.63, 3.8) is 0 Å². The highest BCUT2D eigenvalue weighted by atomic mass is 19.3. The Kier molecular flexibility index (Phi) is 5.66. The van der Waals surface area contributed by atoms with E-state index in [4.69, 9.17) is 10.9 Å². The molecule has 1 aromatic rings. The molecule has 1 rings (SSSR count). The molecule has 8 heteroatoms. The Morgan fingerprint density at radius 1 is 1.39 bits per heavy atom. The van der Waals surface area contributed by atoms with Gasteiger partial charge in [-0.15, -0.1) is 0 Å². The minimum absolute atomic E-state index is 0.282. The predicted molar refractivity (Wildman–Crippen MR) is 64.3 cm³/mol. The quantitative estimate of drug-likeness (QED) is 0.427. The molecule has 0 bridgehead atoms. The highest BCUT2D eigenvalue weighted by molar-refractivity contribution is 5.56. The summed E-state index contributed by atoms with van der Waals surface area (Å²) in [5.74, 6) is 6.16. The number of nitrogens with zero attached hydrogens (tertiary/aromatic N) is 2. The number of anilines is 2. The number of hydrogen-bond acceptors (Lipinski definition) is 6. The molecule has 0 saturated heterocycles. The molecule has 1 atom stereocenters. The standard InChI is InChI=1S/C10H17F2N5O/c1-2-3-6-9(14-4-7(18)8(11)12)15-5-16-10(6)17-13/h5,7-8,18H,2-4,13H2,1H3,(H2,14,15,16,17). The first-order chi connectivity index (χ1) is 8.60. The molecular formula is C10H17F2N5O. The largest absolute Gasteiger partial charge is 0.385 e. The fourth-order valence-electron chi connectivity index (χ4n) is 1.47. The third kappa shape index (κ3) is 3.74. The first kappa shape index (κ1) is 14.5. The zero-order chi connectivity index (χ0) is 13.5. The molecule has 1 aromatic heterocycles. The number of halogens is 2. The average molecular weight is 261 g/mol. The molecule has 6 nitrogen and oxygen atoms in total. The smallest absolute Gasteiger partial charge is 0.265 e. The lowest BCUT2D eigenvalue weighted by atomic mass is 10.1. The zero-order valence-electron chi connectivity index (χ0n) is 10.0. The molecule has 1 unspecified atom stereocenters. The number of nitrogens with two attached hydrogens (primary N) is 1. The number of rotatable bonds is 7. The van der Waals surface area contributed by atoms with Crippen molar-refractivity contribution in [3.8, 4) is 0 Å². The molecule has 0 aromatic carbocycles. The Morgan fingerprint density at radius 2 is 2.06 bits per heavy atom. The Labute approximate surface area is 104 Å². The lowest BCUT2D eigenvalue weighted by molar-refractivity contribution is 0.00380. The molecule has 0 saturated carbocycles. The molecule has 0 fully saturated rings. The van der Waals surface area contributed by atoms with Gasteiger partial charge in [0, 0.05) is 12.1 Å². The Balaban J connectivity index is 2.80. The summed E-state index contributed by atoms with van der Waals surface area (Å²) in [5, 5.41) is 11.7. The van der Waals surface area contributed by atoms with Crippen molar-refractivity contribution in [2.24, 2.45) is 5.84 Å². The summed E-state index contributed by atoms with van der Waals surface area (Å²) in [4.78, 5) is 7.90. The lowest BCUT2D eigenvalue weighted by Crippen LogP contribution is -2.27. The van der Waals surface area contributed by atoms with E-state index in [2.05, 4.69) is 20.7 Å². The monoisotopic (exact) mass is 261 g/mol. The summed E-state index contributed by atoms with van der Waals surface area (Å²) < 4.78 is 24.3. The Hall–Kier alpha value is -1.54. The van der Waals surface area contributed by atoms with Gasteiger partial charge in [0.25, 0.3) is 6.43 Å². The van der Waals surface area contributed by atoms with Gasteiger partial charge in [0.1, 0.15) is 24.1 Å². The number of nitrogen functional groups attached to an aromatic ring is 1. The second kappa shape index (κ2) is 7.02. The van der Waals surface area contributed by atoms with Crippen LogP contribution in [0, 0.1) is 0 Å². The predicted octanol–water partition coefficient (Wildman–Crippen LogP) is 0.753. The minimum atomic E-state index is -2.79. The molecule has 5 N–H and O–H groups in total. The van der Waals surface area contributed by atoms with E-state index in [-0.39, 0.29) is 6.54 Å². The first-order valence-electron chi connectivity index (χ1n) is 5.60. The SMILES string of the molecule is CCCc1c(NN)ncnc1NCC(O)C(F)F. The van der Waals surface area contributed by atoms with Crippen molar-refractivity contribution in [1.29, 1.82) is 0 Å². The number of hydrazine groups is 1.